The Morgan fingerprint density at radius 3 is 2.80 bits per heavy atom. The van der Waals surface area contributed by atoms with Crippen LogP contribution in [0.3, 0.4) is 0 Å². The number of urea groups is 1. The number of carbonyl (C=O) groups is 1. The molecule has 0 aliphatic carbocycles. The first-order valence-electron chi connectivity index (χ1n) is 14.4. The molecule has 0 spiro atoms. The summed E-state index contributed by atoms with van der Waals surface area (Å²) in [7, 11) is 0. The number of nitrogens with one attached hydrogen (secondary N) is 1. The second-order valence-electron chi connectivity index (χ2n) is 11.7. The molecule has 2 aromatic carbocycles. The number of benzene rings is 2. The number of likely N-dealkylation sites (tertiary alicyclic amines) is 1. The maximum Gasteiger partial charge on any atom is 0.547 e. The van der Waals surface area contributed by atoms with E-state index < -0.39 is 17.7 Å². The summed E-state index contributed by atoms with van der Waals surface area (Å²) in [5.74, 6) is -0.587. The van der Waals surface area contributed by atoms with Crippen molar-refractivity contribution in [2.24, 2.45) is 4.99 Å². The monoisotopic (exact) mass is 584 g/mol. The van der Waals surface area contributed by atoms with E-state index in [0.29, 0.717) is 53.5 Å². The van der Waals surface area contributed by atoms with Crippen LogP contribution in [0.1, 0.15) is 38.7 Å². The summed E-state index contributed by atoms with van der Waals surface area (Å²) in [6, 6.07) is 5.48. The molecule has 3 fully saturated rings. The Morgan fingerprint density at radius 1 is 1.20 bits per heavy atom. The number of hydrogen-bond acceptors (Lipinski definition) is 6. The number of nitrogens with zero attached hydrogens (tertiary/aromatic N) is 4. The van der Waals surface area contributed by atoms with E-state index in [1.165, 1.54) is 12.1 Å². The lowest BCUT2D eigenvalue weighted by Gasteiger charge is -2.39. The van der Waals surface area contributed by atoms with Gasteiger partial charge < -0.3 is 19.7 Å². The number of aliphatic imine (C=N–C) groups is 1. The largest absolute Gasteiger partial charge is 0.547 e. The Kier molecular flexibility index (Phi) is 6.84. The van der Waals surface area contributed by atoms with Crippen LogP contribution in [0.5, 0.6) is 5.75 Å². The van der Waals surface area contributed by atoms with Crippen molar-refractivity contribution in [1.29, 1.82) is 0 Å². The Morgan fingerprint density at radius 2 is 2.05 bits per heavy atom. The van der Waals surface area contributed by atoms with Gasteiger partial charge in [-0.05, 0) is 51.4 Å². The van der Waals surface area contributed by atoms with Gasteiger partial charge >= 0.3 is 6.03 Å². The van der Waals surface area contributed by atoms with Crippen molar-refractivity contribution in [3.63, 3.8) is 0 Å². The number of fused-ring (bicyclic) bond motifs is 2. The molecule has 2 aromatic rings. The number of amidine groups is 1. The molecule has 0 radical (unpaired) electrons. The van der Waals surface area contributed by atoms with Crippen LogP contribution in [0.2, 0.25) is 5.02 Å². The highest BCUT2D eigenvalue weighted by Gasteiger charge is 2.45. The average molecular weight is 585 g/mol. The van der Waals surface area contributed by atoms with Gasteiger partial charge in [-0.25, -0.2) is 8.78 Å². The van der Waals surface area contributed by atoms with E-state index in [1.807, 2.05) is 0 Å². The lowest BCUT2D eigenvalue weighted by molar-refractivity contribution is -0.340. The van der Waals surface area contributed by atoms with Gasteiger partial charge in [0.1, 0.15) is 24.0 Å². The van der Waals surface area contributed by atoms with Crippen LogP contribution in [0.4, 0.5) is 19.3 Å². The number of hydrogen-bond donors (Lipinski definition) is 1. The first-order valence-corrected chi connectivity index (χ1v) is 14.7. The number of amides is 2. The van der Waals surface area contributed by atoms with Crippen LogP contribution in [-0.4, -0.2) is 95.6 Å². The number of morpholine rings is 1. The van der Waals surface area contributed by atoms with E-state index in [9.17, 15) is 9.18 Å². The summed E-state index contributed by atoms with van der Waals surface area (Å²) in [6.07, 6.45) is 2.92. The number of rotatable bonds is 5. The van der Waals surface area contributed by atoms with Crippen LogP contribution >= 0.6 is 11.6 Å². The molecule has 1 unspecified atom stereocenters. The van der Waals surface area contributed by atoms with Crippen molar-refractivity contribution in [2.75, 3.05) is 39.4 Å². The number of piperazine rings is 1. The fourth-order valence-electron chi connectivity index (χ4n) is 6.86. The summed E-state index contributed by atoms with van der Waals surface area (Å²) < 4.78 is 42.6. The second-order valence-corrected chi connectivity index (χ2v) is 12.2. The van der Waals surface area contributed by atoms with Gasteiger partial charge in [-0.3, -0.25) is 4.90 Å². The fraction of sp³-hybridized carbons (Fsp3) is 0.500. The average Bonchev–Trinajstić information content (AvgIpc) is 3.57. The summed E-state index contributed by atoms with van der Waals surface area (Å²) >= 11 is 6.84. The standard InChI is InChI=1S/C30H33ClF2N5O3/c1-16-12-37(17(2)11-34-16)29-23-10-24(31)26(22-6-5-18(32)8-25(22)33)28-27(23)38(30(39)35-29)19(14-41-28)4-3-7-36-13-21-9-20(36)15-40-21/h5-6,8,10,16-17,20-21,34H,3-4,7,9,11-15H2,1-2H3/q+1/t16-,17+,20+,21?/m1/s1. The molecule has 5 heterocycles. The SMILES string of the molecule is C[C@@H]1CN(C2=NC(=O)[N+]3=C(CCCN4CC5C[C@H]4CO5)COc4c(-c5ccc(F)cc5F)c(Cl)cc2c43)[C@@H](C)CN1. The molecule has 7 rings (SSSR count). The number of ether oxygens (including phenoxy) is 2. The lowest BCUT2D eigenvalue weighted by atomic mass is 9.96. The number of carbonyl (C=O) groups excluding carboxylic acids is 1. The molecule has 2 bridgehead atoms. The quantitative estimate of drug-likeness (QED) is 0.519. The molecule has 0 aromatic heterocycles. The zero-order valence-corrected chi connectivity index (χ0v) is 23.9. The molecule has 5 aliphatic heterocycles. The predicted molar refractivity (Wildman–Crippen MR) is 152 cm³/mol. The molecule has 11 heteroatoms. The highest BCUT2D eigenvalue weighted by molar-refractivity contribution is 6.35. The molecule has 216 valence electrons. The minimum atomic E-state index is -0.752. The van der Waals surface area contributed by atoms with E-state index in [2.05, 4.69) is 34.0 Å². The van der Waals surface area contributed by atoms with Gasteiger partial charge in [0.15, 0.2) is 11.4 Å². The van der Waals surface area contributed by atoms with Crippen molar-refractivity contribution in [3.05, 3.63) is 46.5 Å². The van der Waals surface area contributed by atoms with E-state index in [1.54, 1.807) is 10.6 Å². The van der Waals surface area contributed by atoms with Gasteiger partial charge in [-0.1, -0.05) is 11.6 Å². The van der Waals surface area contributed by atoms with Gasteiger partial charge in [-0.15, -0.1) is 0 Å². The van der Waals surface area contributed by atoms with Gasteiger partial charge in [0.25, 0.3) is 5.84 Å². The minimum Gasteiger partial charge on any atom is -0.480 e. The highest BCUT2D eigenvalue weighted by atomic mass is 35.5. The lowest BCUT2D eigenvalue weighted by Crippen LogP contribution is -2.57. The van der Waals surface area contributed by atoms with E-state index in [4.69, 9.17) is 21.1 Å². The summed E-state index contributed by atoms with van der Waals surface area (Å²) in [5.41, 5.74) is 2.42. The van der Waals surface area contributed by atoms with Crippen LogP contribution in [0.25, 0.3) is 11.1 Å². The Labute approximate surface area is 242 Å². The molecular formula is C30H33ClF2N5O3+. The number of halogens is 3. The van der Waals surface area contributed by atoms with E-state index in [-0.39, 0.29) is 29.3 Å². The topological polar surface area (TPSA) is 69.4 Å². The smallest absolute Gasteiger partial charge is 0.480 e. The fourth-order valence-corrected chi connectivity index (χ4v) is 7.16. The van der Waals surface area contributed by atoms with Gasteiger partial charge in [0.2, 0.25) is 0 Å². The van der Waals surface area contributed by atoms with Gasteiger partial charge in [0.05, 0.1) is 23.3 Å². The summed E-state index contributed by atoms with van der Waals surface area (Å²) in [6.45, 7) is 8.37. The van der Waals surface area contributed by atoms with Crippen molar-refractivity contribution in [3.8, 4) is 16.9 Å². The molecule has 2 amide bonds. The third kappa shape index (κ3) is 4.65. The highest BCUT2D eigenvalue weighted by Crippen LogP contribution is 2.49. The molecule has 4 atom stereocenters. The Hall–Kier alpha value is -2.92. The second kappa shape index (κ2) is 10.4. The van der Waals surface area contributed by atoms with Crippen LogP contribution in [-0.2, 0) is 4.74 Å². The Balaban J connectivity index is 1.32. The zero-order chi connectivity index (χ0) is 28.4. The molecular weight excluding hydrogens is 552 g/mol. The van der Waals surface area contributed by atoms with E-state index in [0.717, 1.165) is 50.9 Å². The third-order valence-corrected chi connectivity index (χ3v) is 9.22. The first kappa shape index (κ1) is 26.9. The van der Waals surface area contributed by atoms with Crippen molar-refractivity contribution in [1.82, 2.24) is 15.1 Å². The van der Waals surface area contributed by atoms with Crippen LogP contribution in [0.15, 0.2) is 29.3 Å². The third-order valence-electron chi connectivity index (χ3n) is 8.93. The molecule has 5 aliphatic rings. The predicted octanol–water partition coefficient (Wildman–Crippen LogP) is 4.58. The van der Waals surface area contributed by atoms with Crippen molar-refractivity contribution in [2.45, 2.75) is 57.3 Å². The zero-order valence-electron chi connectivity index (χ0n) is 23.1. The van der Waals surface area contributed by atoms with Gasteiger partial charge in [0, 0.05) is 66.4 Å². The molecule has 3 saturated heterocycles. The van der Waals surface area contributed by atoms with Crippen molar-refractivity contribution >= 4 is 34.9 Å². The first-order chi connectivity index (χ1) is 19.8. The van der Waals surface area contributed by atoms with Crippen LogP contribution < -0.4 is 10.1 Å². The maximum atomic E-state index is 15.1. The van der Waals surface area contributed by atoms with E-state index >= 15 is 4.39 Å². The Bertz CT molecular complexity index is 1500. The molecule has 8 nitrogen and oxygen atoms in total. The van der Waals surface area contributed by atoms with Gasteiger partial charge in [-0.2, -0.15) is 9.37 Å². The minimum absolute atomic E-state index is 0.0840. The molecule has 41 heavy (non-hydrogen) atoms. The van der Waals surface area contributed by atoms with Crippen molar-refractivity contribution < 1.29 is 27.6 Å². The molecule has 0 saturated carbocycles. The maximum absolute atomic E-state index is 15.1. The summed E-state index contributed by atoms with van der Waals surface area (Å²) in [4.78, 5) is 23.0. The normalized spacial score (nSPS) is 27.3. The summed E-state index contributed by atoms with van der Waals surface area (Å²) in [5, 5.41) is 3.71. The molecule has 1 N–H and O–H groups in total. The van der Waals surface area contributed by atoms with Crippen LogP contribution in [0, 0.1) is 11.6 Å².